The zero-order chi connectivity index (χ0) is 17.5. The van der Waals surface area contributed by atoms with Gasteiger partial charge >= 0.3 is 0 Å². The number of anilines is 2. The van der Waals surface area contributed by atoms with E-state index in [0.717, 1.165) is 5.69 Å². The first-order chi connectivity index (χ1) is 11.5. The second kappa shape index (κ2) is 8.44. The number of nitrogens with one attached hydrogen (secondary N) is 1. The minimum atomic E-state index is -0.117. The van der Waals surface area contributed by atoms with Gasteiger partial charge in [-0.15, -0.1) is 0 Å². The fraction of sp³-hybridized carbons (Fsp3) is 0.294. The largest absolute Gasteiger partial charge is 0.384 e. The van der Waals surface area contributed by atoms with Gasteiger partial charge < -0.3 is 11.1 Å². The van der Waals surface area contributed by atoms with Gasteiger partial charge in [-0.1, -0.05) is 23.9 Å². The average molecular weight is 344 g/mol. The molecule has 2 aromatic rings. The molecule has 0 spiro atoms. The second-order valence-corrected chi connectivity index (χ2v) is 6.38. The molecule has 0 atom stereocenters. The van der Waals surface area contributed by atoms with Gasteiger partial charge in [0.25, 0.3) is 0 Å². The summed E-state index contributed by atoms with van der Waals surface area (Å²) < 4.78 is 0. The molecule has 1 aromatic heterocycles. The van der Waals surface area contributed by atoms with E-state index in [-0.39, 0.29) is 11.7 Å². The highest BCUT2D eigenvalue weighted by atomic mass is 32.2. The maximum absolute atomic E-state index is 12.0. The number of aromatic nitrogens is 2. The van der Waals surface area contributed by atoms with Gasteiger partial charge in [0.15, 0.2) is 10.9 Å². The number of hydrogen-bond donors (Lipinski definition) is 2. The van der Waals surface area contributed by atoms with Crippen molar-refractivity contribution < 1.29 is 9.59 Å². The zero-order valence-corrected chi connectivity index (χ0v) is 14.5. The van der Waals surface area contributed by atoms with Crippen molar-refractivity contribution >= 4 is 35.0 Å². The van der Waals surface area contributed by atoms with Gasteiger partial charge in [0.05, 0.1) is 5.69 Å². The lowest BCUT2D eigenvalue weighted by Gasteiger charge is -2.08. The molecule has 24 heavy (non-hydrogen) atoms. The van der Waals surface area contributed by atoms with Gasteiger partial charge in [0.1, 0.15) is 5.82 Å². The number of amides is 1. The summed E-state index contributed by atoms with van der Waals surface area (Å²) in [5.74, 6) is 0.971. The summed E-state index contributed by atoms with van der Waals surface area (Å²) in [6.45, 7) is 3.34. The molecule has 1 aromatic carbocycles. The molecular weight excluding hydrogens is 324 g/mol. The van der Waals surface area contributed by atoms with Crippen LogP contribution >= 0.6 is 11.8 Å². The van der Waals surface area contributed by atoms with Crippen LogP contribution in [0.1, 0.15) is 35.8 Å². The molecule has 1 heterocycles. The van der Waals surface area contributed by atoms with Crippen LogP contribution in [0.4, 0.5) is 11.5 Å². The van der Waals surface area contributed by atoms with Crippen LogP contribution in [0.3, 0.4) is 0 Å². The molecule has 1 amide bonds. The topological polar surface area (TPSA) is 98.0 Å². The standard InChI is InChI=1S/C17H20N4O2S/c1-11-10-15(18)21-17(19-11)24-9-5-8-16(23)20-14-7-4-3-6-13(14)12(2)22/h3-4,6-7,10H,5,8-9H2,1-2H3,(H,20,23)(H2,18,19,21). The number of carbonyl (C=O) groups is 2. The molecule has 0 aliphatic carbocycles. The van der Waals surface area contributed by atoms with Crippen molar-refractivity contribution in [3.63, 3.8) is 0 Å². The Labute approximate surface area is 145 Å². The Hall–Kier alpha value is -2.41. The summed E-state index contributed by atoms with van der Waals surface area (Å²) in [6.07, 6.45) is 1.04. The fourth-order valence-electron chi connectivity index (χ4n) is 2.14. The molecule has 0 unspecified atom stereocenters. The van der Waals surface area contributed by atoms with Crippen molar-refractivity contribution in [2.75, 3.05) is 16.8 Å². The van der Waals surface area contributed by atoms with Crippen molar-refractivity contribution in [2.24, 2.45) is 0 Å². The third-order valence-electron chi connectivity index (χ3n) is 3.21. The molecule has 0 saturated heterocycles. The molecule has 6 nitrogen and oxygen atoms in total. The third-order valence-corrected chi connectivity index (χ3v) is 4.15. The molecule has 3 N–H and O–H groups in total. The summed E-state index contributed by atoms with van der Waals surface area (Å²) in [6, 6.07) is 8.71. The monoisotopic (exact) mass is 344 g/mol. The number of aryl methyl sites for hydroxylation is 1. The predicted octanol–water partition coefficient (Wildman–Crippen LogP) is 3.08. The van der Waals surface area contributed by atoms with Crippen LogP contribution in [0.2, 0.25) is 0 Å². The summed E-state index contributed by atoms with van der Waals surface area (Å²) in [4.78, 5) is 32.0. The number of nitrogen functional groups attached to an aromatic ring is 1. The average Bonchev–Trinajstić information content (AvgIpc) is 2.51. The molecule has 2 rings (SSSR count). The van der Waals surface area contributed by atoms with Gasteiger partial charge in [-0.3, -0.25) is 9.59 Å². The summed E-state index contributed by atoms with van der Waals surface area (Å²) >= 11 is 1.47. The Morgan fingerprint density at radius 3 is 2.71 bits per heavy atom. The van der Waals surface area contributed by atoms with Crippen LogP contribution in [0.5, 0.6) is 0 Å². The Morgan fingerprint density at radius 2 is 2.00 bits per heavy atom. The quantitative estimate of drug-likeness (QED) is 0.347. The van der Waals surface area contributed by atoms with Crippen molar-refractivity contribution in [1.29, 1.82) is 0 Å². The number of rotatable bonds is 7. The van der Waals surface area contributed by atoms with Crippen molar-refractivity contribution in [3.8, 4) is 0 Å². The van der Waals surface area contributed by atoms with Crippen LogP contribution in [0, 0.1) is 6.92 Å². The third kappa shape index (κ3) is 5.34. The Morgan fingerprint density at radius 1 is 1.25 bits per heavy atom. The second-order valence-electron chi connectivity index (χ2n) is 5.32. The number of Topliss-reactive ketones (excluding diaryl/α,β-unsaturated/α-hetero) is 1. The maximum atomic E-state index is 12.0. The fourth-order valence-corrected chi connectivity index (χ4v) is 2.99. The van der Waals surface area contributed by atoms with E-state index >= 15 is 0 Å². The highest BCUT2D eigenvalue weighted by Gasteiger charge is 2.09. The van der Waals surface area contributed by atoms with E-state index in [1.807, 2.05) is 6.92 Å². The number of ketones is 1. The molecule has 7 heteroatoms. The minimum absolute atomic E-state index is 0.0735. The number of nitrogens with two attached hydrogens (primary N) is 1. The lowest BCUT2D eigenvalue weighted by Crippen LogP contribution is -2.14. The smallest absolute Gasteiger partial charge is 0.224 e. The molecule has 0 aliphatic rings. The molecule has 0 aliphatic heterocycles. The van der Waals surface area contributed by atoms with Crippen molar-refractivity contribution in [2.45, 2.75) is 31.8 Å². The Kier molecular flexibility index (Phi) is 6.31. The molecule has 0 radical (unpaired) electrons. The summed E-state index contributed by atoms with van der Waals surface area (Å²) in [5.41, 5.74) is 7.57. The molecular formula is C17H20N4O2S. The van der Waals surface area contributed by atoms with E-state index in [9.17, 15) is 9.59 Å². The van der Waals surface area contributed by atoms with Gasteiger partial charge in [-0.05, 0) is 32.4 Å². The number of carbonyl (C=O) groups excluding carboxylic acids is 2. The highest BCUT2D eigenvalue weighted by Crippen LogP contribution is 2.18. The van der Waals surface area contributed by atoms with Crippen LogP contribution in [-0.2, 0) is 4.79 Å². The number of hydrogen-bond acceptors (Lipinski definition) is 6. The molecule has 126 valence electrons. The van der Waals surface area contributed by atoms with Crippen molar-refractivity contribution in [1.82, 2.24) is 9.97 Å². The first-order valence-electron chi connectivity index (χ1n) is 7.59. The van der Waals surface area contributed by atoms with E-state index in [0.29, 0.717) is 40.8 Å². The van der Waals surface area contributed by atoms with E-state index in [2.05, 4.69) is 15.3 Å². The van der Waals surface area contributed by atoms with Crippen molar-refractivity contribution in [3.05, 3.63) is 41.6 Å². The summed E-state index contributed by atoms with van der Waals surface area (Å²) in [5, 5.41) is 3.41. The first-order valence-corrected chi connectivity index (χ1v) is 8.58. The van der Waals surface area contributed by atoms with E-state index in [1.165, 1.54) is 18.7 Å². The van der Waals surface area contributed by atoms with Gasteiger partial charge in [-0.2, -0.15) is 0 Å². The number of nitrogens with zero attached hydrogens (tertiary/aromatic N) is 2. The normalized spacial score (nSPS) is 10.4. The number of thioether (sulfide) groups is 1. The van der Waals surface area contributed by atoms with Gasteiger partial charge in [0.2, 0.25) is 5.91 Å². The van der Waals surface area contributed by atoms with Crippen LogP contribution < -0.4 is 11.1 Å². The number of benzene rings is 1. The lowest BCUT2D eigenvalue weighted by atomic mass is 10.1. The predicted molar refractivity (Wildman–Crippen MR) is 96.2 cm³/mol. The number of para-hydroxylation sites is 1. The Balaban J connectivity index is 1.81. The SMILES string of the molecule is CC(=O)c1ccccc1NC(=O)CCCSc1nc(C)cc(N)n1. The lowest BCUT2D eigenvalue weighted by molar-refractivity contribution is -0.116. The Bertz CT molecular complexity index is 729. The van der Waals surface area contributed by atoms with Crippen LogP contribution in [-0.4, -0.2) is 27.4 Å². The first kappa shape index (κ1) is 17.9. The van der Waals surface area contributed by atoms with Crippen LogP contribution in [0.15, 0.2) is 35.5 Å². The minimum Gasteiger partial charge on any atom is -0.384 e. The van der Waals surface area contributed by atoms with Gasteiger partial charge in [0, 0.05) is 29.5 Å². The van der Waals surface area contributed by atoms with E-state index in [4.69, 9.17) is 5.73 Å². The highest BCUT2D eigenvalue weighted by molar-refractivity contribution is 7.99. The van der Waals surface area contributed by atoms with Crippen LogP contribution in [0.25, 0.3) is 0 Å². The van der Waals surface area contributed by atoms with E-state index < -0.39 is 0 Å². The molecule has 0 fully saturated rings. The zero-order valence-electron chi connectivity index (χ0n) is 13.7. The maximum Gasteiger partial charge on any atom is 0.224 e. The molecule has 0 saturated carbocycles. The van der Waals surface area contributed by atoms with E-state index in [1.54, 1.807) is 30.3 Å². The van der Waals surface area contributed by atoms with Gasteiger partial charge in [-0.25, -0.2) is 9.97 Å². The summed E-state index contributed by atoms with van der Waals surface area (Å²) in [7, 11) is 0. The molecule has 0 bridgehead atoms.